The topological polar surface area (TPSA) is 32.3 Å². The molecule has 0 aliphatic heterocycles. The van der Waals surface area contributed by atoms with Gasteiger partial charge in [-0.15, -0.1) is 0 Å². The van der Waals surface area contributed by atoms with E-state index in [4.69, 9.17) is 0 Å². The number of amides is 1. The number of anilines is 1. The van der Waals surface area contributed by atoms with E-state index in [1.165, 1.54) is 11.0 Å². The summed E-state index contributed by atoms with van der Waals surface area (Å²) in [5, 5.41) is 3.01. The summed E-state index contributed by atoms with van der Waals surface area (Å²) in [5.74, 6) is -1.93. The molecular weight excluding hydrogens is 274 g/mol. The van der Waals surface area contributed by atoms with Crippen molar-refractivity contribution in [3.05, 3.63) is 65.7 Å². The predicted octanol–water partition coefficient (Wildman–Crippen LogP) is 3.04. The Morgan fingerprint density at radius 2 is 1.81 bits per heavy atom. The Labute approximate surface area is 122 Å². The van der Waals surface area contributed by atoms with E-state index in [1.54, 1.807) is 7.05 Å². The molecule has 2 aromatic rings. The van der Waals surface area contributed by atoms with Crippen molar-refractivity contribution in [1.82, 2.24) is 4.90 Å². The molecule has 0 spiro atoms. The van der Waals surface area contributed by atoms with Crippen LogP contribution in [0.4, 0.5) is 14.5 Å². The maximum absolute atomic E-state index is 13.1. The molecule has 21 heavy (non-hydrogen) atoms. The molecule has 2 aromatic carbocycles. The summed E-state index contributed by atoms with van der Waals surface area (Å²) in [4.78, 5) is 13.4. The van der Waals surface area contributed by atoms with Crippen LogP contribution in [0.1, 0.15) is 5.56 Å². The summed E-state index contributed by atoms with van der Waals surface area (Å²) in [5.41, 5.74) is 1.40. The number of halogens is 2. The molecule has 3 nitrogen and oxygen atoms in total. The molecule has 1 N–H and O–H groups in total. The zero-order chi connectivity index (χ0) is 15.2. The monoisotopic (exact) mass is 290 g/mol. The molecule has 2 rings (SSSR count). The van der Waals surface area contributed by atoms with Crippen LogP contribution in [-0.2, 0) is 11.3 Å². The van der Waals surface area contributed by atoms with Gasteiger partial charge in [-0.25, -0.2) is 8.78 Å². The number of likely N-dealkylation sites (N-methyl/N-ethyl adjacent to an activating group) is 1. The van der Waals surface area contributed by atoms with Gasteiger partial charge in [0, 0.05) is 19.3 Å². The average Bonchev–Trinajstić information content (AvgIpc) is 2.49. The van der Waals surface area contributed by atoms with Gasteiger partial charge in [-0.2, -0.15) is 0 Å². The van der Waals surface area contributed by atoms with Crippen molar-refractivity contribution in [1.29, 1.82) is 0 Å². The highest BCUT2D eigenvalue weighted by molar-refractivity contribution is 5.80. The number of carbonyl (C=O) groups excluding carboxylic acids is 1. The van der Waals surface area contributed by atoms with E-state index in [1.807, 2.05) is 30.3 Å². The van der Waals surface area contributed by atoms with Gasteiger partial charge in [0.25, 0.3) is 0 Å². The van der Waals surface area contributed by atoms with Crippen LogP contribution >= 0.6 is 0 Å². The van der Waals surface area contributed by atoms with E-state index in [9.17, 15) is 13.6 Å². The minimum absolute atomic E-state index is 0.136. The van der Waals surface area contributed by atoms with E-state index < -0.39 is 11.6 Å². The zero-order valence-corrected chi connectivity index (χ0v) is 11.6. The minimum atomic E-state index is -0.907. The summed E-state index contributed by atoms with van der Waals surface area (Å²) in [6.45, 7) is 0.372. The third-order valence-electron chi connectivity index (χ3n) is 3.05. The third kappa shape index (κ3) is 4.27. The number of hydrogen-bond acceptors (Lipinski definition) is 2. The fraction of sp³-hybridized carbons (Fsp3) is 0.188. The second-order valence-electron chi connectivity index (χ2n) is 4.72. The molecule has 0 aliphatic carbocycles. The predicted molar refractivity (Wildman–Crippen MR) is 77.8 cm³/mol. The van der Waals surface area contributed by atoms with Crippen LogP contribution < -0.4 is 5.32 Å². The summed E-state index contributed by atoms with van der Waals surface area (Å²) < 4.78 is 25.9. The van der Waals surface area contributed by atoms with Gasteiger partial charge in [-0.1, -0.05) is 24.3 Å². The van der Waals surface area contributed by atoms with Crippen LogP contribution in [0.3, 0.4) is 0 Å². The fourth-order valence-electron chi connectivity index (χ4n) is 1.87. The number of rotatable bonds is 5. The van der Waals surface area contributed by atoms with Crippen molar-refractivity contribution in [3.8, 4) is 0 Å². The number of para-hydroxylation sites is 1. The largest absolute Gasteiger partial charge is 0.376 e. The van der Waals surface area contributed by atoms with Crippen molar-refractivity contribution in [3.63, 3.8) is 0 Å². The maximum atomic E-state index is 13.1. The maximum Gasteiger partial charge on any atom is 0.241 e. The Morgan fingerprint density at radius 3 is 2.48 bits per heavy atom. The number of carbonyl (C=O) groups is 1. The minimum Gasteiger partial charge on any atom is -0.376 e. The van der Waals surface area contributed by atoms with Gasteiger partial charge in [-0.05, 0) is 29.8 Å². The number of hydrogen-bond donors (Lipinski definition) is 1. The first-order chi connectivity index (χ1) is 10.1. The highest BCUT2D eigenvalue weighted by Crippen LogP contribution is 2.11. The van der Waals surface area contributed by atoms with E-state index in [-0.39, 0.29) is 19.0 Å². The van der Waals surface area contributed by atoms with Crippen molar-refractivity contribution in [2.24, 2.45) is 0 Å². The lowest BCUT2D eigenvalue weighted by Gasteiger charge is -2.18. The third-order valence-corrected chi connectivity index (χ3v) is 3.05. The van der Waals surface area contributed by atoms with Crippen molar-refractivity contribution in [2.45, 2.75) is 6.54 Å². The molecule has 0 unspecified atom stereocenters. The van der Waals surface area contributed by atoms with Crippen LogP contribution in [0.15, 0.2) is 48.5 Å². The Kier molecular flexibility index (Phi) is 4.87. The molecular formula is C16H16F2N2O. The van der Waals surface area contributed by atoms with Crippen molar-refractivity contribution >= 4 is 11.6 Å². The van der Waals surface area contributed by atoms with E-state index in [0.717, 1.165) is 17.8 Å². The van der Waals surface area contributed by atoms with E-state index in [0.29, 0.717) is 5.56 Å². The summed E-state index contributed by atoms with van der Waals surface area (Å²) in [6, 6.07) is 13.0. The van der Waals surface area contributed by atoms with Crippen LogP contribution in [-0.4, -0.2) is 24.4 Å². The number of nitrogens with one attached hydrogen (secondary N) is 1. The van der Waals surface area contributed by atoms with Crippen LogP contribution in [0.25, 0.3) is 0 Å². The number of nitrogens with zero attached hydrogens (tertiary/aromatic N) is 1. The van der Waals surface area contributed by atoms with Gasteiger partial charge >= 0.3 is 0 Å². The molecule has 110 valence electrons. The molecule has 0 aromatic heterocycles. The molecule has 0 fully saturated rings. The summed E-state index contributed by atoms with van der Waals surface area (Å²) >= 11 is 0. The Balaban J connectivity index is 1.88. The van der Waals surface area contributed by atoms with Gasteiger partial charge in [0.15, 0.2) is 11.6 Å². The zero-order valence-electron chi connectivity index (χ0n) is 11.6. The molecule has 1 amide bonds. The Bertz CT molecular complexity index is 617. The average molecular weight is 290 g/mol. The SMILES string of the molecule is CN(Cc1ccc(F)c(F)c1)C(=O)CNc1ccccc1. The first kappa shape index (κ1) is 15.0. The highest BCUT2D eigenvalue weighted by atomic mass is 19.2. The summed E-state index contributed by atoms with van der Waals surface area (Å²) in [7, 11) is 1.62. The molecule has 0 radical (unpaired) electrons. The van der Waals surface area contributed by atoms with Gasteiger partial charge in [0.05, 0.1) is 6.54 Å². The first-order valence-electron chi connectivity index (χ1n) is 6.53. The first-order valence-corrected chi connectivity index (χ1v) is 6.53. The highest BCUT2D eigenvalue weighted by Gasteiger charge is 2.10. The Hall–Kier alpha value is -2.43. The van der Waals surface area contributed by atoms with Crippen LogP contribution in [0.2, 0.25) is 0 Å². The van der Waals surface area contributed by atoms with Gasteiger partial charge in [-0.3, -0.25) is 4.79 Å². The standard InChI is InChI=1S/C16H16F2N2O/c1-20(11-12-7-8-14(17)15(18)9-12)16(21)10-19-13-5-3-2-4-6-13/h2-9,19H,10-11H2,1H3. The molecule has 0 bridgehead atoms. The summed E-state index contributed by atoms with van der Waals surface area (Å²) in [6.07, 6.45) is 0. The molecule has 0 atom stereocenters. The van der Waals surface area contributed by atoms with E-state index in [2.05, 4.69) is 5.32 Å². The van der Waals surface area contributed by atoms with Crippen molar-refractivity contribution < 1.29 is 13.6 Å². The van der Waals surface area contributed by atoms with Crippen LogP contribution in [0, 0.1) is 11.6 Å². The van der Waals surface area contributed by atoms with Gasteiger partial charge in [0.1, 0.15) is 0 Å². The molecule has 0 aliphatic rings. The van der Waals surface area contributed by atoms with E-state index >= 15 is 0 Å². The van der Waals surface area contributed by atoms with Crippen LogP contribution in [0.5, 0.6) is 0 Å². The quantitative estimate of drug-likeness (QED) is 0.918. The molecule has 0 saturated carbocycles. The Morgan fingerprint density at radius 1 is 1.10 bits per heavy atom. The lowest BCUT2D eigenvalue weighted by molar-refractivity contribution is -0.128. The normalized spacial score (nSPS) is 10.2. The fourth-order valence-corrected chi connectivity index (χ4v) is 1.87. The van der Waals surface area contributed by atoms with Crippen molar-refractivity contribution in [2.75, 3.05) is 18.9 Å². The lowest BCUT2D eigenvalue weighted by atomic mass is 10.2. The van der Waals surface area contributed by atoms with Gasteiger partial charge in [0.2, 0.25) is 5.91 Å². The second kappa shape index (κ2) is 6.83. The molecule has 5 heteroatoms. The number of benzene rings is 2. The lowest BCUT2D eigenvalue weighted by Crippen LogP contribution is -2.31. The molecule has 0 heterocycles. The van der Waals surface area contributed by atoms with Gasteiger partial charge < -0.3 is 10.2 Å². The smallest absolute Gasteiger partial charge is 0.241 e. The second-order valence-corrected chi connectivity index (χ2v) is 4.72. The molecule has 0 saturated heterocycles.